The number of carbonyl (C=O) groups is 1. The van der Waals surface area contributed by atoms with Crippen molar-refractivity contribution in [2.24, 2.45) is 17.8 Å². The van der Waals surface area contributed by atoms with E-state index in [4.69, 9.17) is 4.74 Å². The number of aliphatic carboxylic acids is 1. The predicted molar refractivity (Wildman–Crippen MR) is 68.3 cm³/mol. The molecule has 0 spiro atoms. The third-order valence-corrected chi connectivity index (χ3v) is 5.32. The van der Waals surface area contributed by atoms with Crippen molar-refractivity contribution in [1.29, 1.82) is 0 Å². The minimum atomic E-state index is -0.632. The van der Waals surface area contributed by atoms with Crippen LogP contribution in [0.4, 0.5) is 0 Å². The van der Waals surface area contributed by atoms with Crippen LogP contribution in [0.5, 0.6) is 0 Å². The molecule has 3 atom stereocenters. The molecule has 3 heteroatoms. The Morgan fingerprint density at radius 2 is 1.50 bits per heavy atom. The number of carboxylic acids is 1. The molecule has 2 saturated carbocycles. The Kier molecular flexibility index (Phi) is 3.60. The topological polar surface area (TPSA) is 46.5 Å². The summed E-state index contributed by atoms with van der Waals surface area (Å²) in [4.78, 5) is 11.4. The van der Waals surface area contributed by atoms with Gasteiger partial charge in [0, 0.05) is 0 Å². The Bertz CT molecular complexity index is 303. The van der Waals surface area contributed by atoms with E-state index < -0.39 is 5.97 Å². The van der Waals surface area contributed by atoms with Crippen LogP contribution in [0.25, 0.3) is 0 Å². The Hall–Kier alpha value is -0.570. The highest BCUT2D eigenvalue weighted by Crippen LogP contribution is 2.43. The summed E-state index contributed by atoms with van der Waals surface area (Å²) in [6.45, 7) is 0. The molecule has 18 heavy (non-hydrogen) atoms. The van der Waals surface area contributed by atoms with Crippen LogP contribution >= 0.6 is 0 Å². The number of rotatable bonds is 3. The summed E-state index contributed by atoms with van der Waals surface area (Å²) in [6, 6.07) is 0. The van der Waals surface area contributed by atoms with E-state index in [1.807, 2.05) is 0 Å². The fourth-order valence-electron chi connectivity index (χ4n) is 4.34. The Balaban J connectivity index is 1.68. The van der Waals surface area contributed by atoms with Gasteiger partial charge in [-0.1, -0.05) is 25.7 Å². The monoisotopic (exact) mass is 252 g/mol. The van der Waals surface area contributed by atoms with Crippen molar-refractivity contribution in [1.82, 2.24) is 0 Å². The van der Waals surface area contributed by atoms with Crippen LogP contribution in [0.2, 0.25) is 0 Å². The van der Waals surface area contributed by atoms with Gasteiger partial charge < -0.3 is 9.84 Å². The molecule has 102 valence electrons. The molecule has 3 fully saturated rings. The lowest BCUT2D eigenvalue weighted by Gasteiger charge is -2.23. The van der Waals surface area contributed by atoms with Crippen molar-refractivity contribution < 1.29 is 14.6 Å². The summed E-state index contributed by atoms with van der Waals surface area (Å²) in [5, 5.41) is 9.42. The molecule has 0 aromatic carbocycles. The molecule has 1 aliphatic heterocycles. The van der Waals surface area contributed by atoms with Crippen LogP contribution in [0, 0.1) is 17.8 Å². The zero-order valence-corrected chi connectivity index (χ0v) is 11.0. The Morgan fingerprint density at radius 1 is 0.944 bits per heavy atom. The van der Waals surface area contributed by atoms with Crippen LogP contribution < -0.4 is 0 Å². The van der Waals surface area contributed by atoms with E-state index in [9.17, 15) is 9.90 Å². The average molecular weight is 252 g/mol. The molecule has 1 saturated heterocycles. The third kappa shape index (κ3) is 2.29. The van der Waals surface area contributed by atoms with Crippen LogP contribution in [0.15, 0.2) is 0 Å². The zero-order valence-electron chi connectivity index (χ0n) is 11.0. The standard InChI is InChI=1S/C15H24O3/c16-15(17)12-9-13(10-5-1-2-6-10)18-14(12)11-7-3-4-8-11/h10-14H,1-9H2,(H,16,17). The number of ether oxygens (including phenoxy) is 1. The lowest BCUT2D eigenvalue weighted by Crippen LogP contribution is -2.30. The molecule has 0 aromatic rings. The molecule has 0 radical (unpaired) electrons. The summed E-state index contributed by atoms with van der Waals surface area (Å²) in [6.07, 6.45) is 11.0. The van der Waals surface area contributed by atoms with E-state index in [0.29, 0.717) is 11.8 Å². The van der Waals surface area contributed by atoms with Crippen LogP contribution in [-0.2, 0) is 9.53 Å². The molecule has 3 rings (SSSR count). The van der Waals surface area contributed by atoms with Gasteiger partial charge in [0.15, 0.2) is 0 Å². The van der Waals surface area contributed by atoms with E-state index >= 15 is 0 Å². The molecule has 0 bridgehead atoms. The largest absolute Gasteiger partial charge is 0.481 e. The maximum atomic E-state index is 11.4. The van der Waals surface area contributed by atoms with Crippen molar-refractivity contribution in [3.63, 3.8) is 0 Å². The van der Waals surface area contributed by atoms with E-state index in [2.05, 4.69) is 0 Å². The maximum absolute atomic E-state index is 11.4. The summed E-state index contributed by atoms with van der Waals surface area (Å²) in [7, 11) is 0. The van der Waals surface area contributed by atoms with Gasteiger partial charge >= 0.3 is 5.97 Å². The second-order valence-corrected chi connectivity index (χ2v) is 6.41. The number of hydrogen-bond acceptors (Lipinski definition) is 2. The van der Waals surface area contributed by atoms with Crippen LogP contribution in [-0.4, -0.2) is 23.3 Å². The van der Waals surface area contributed by atoms with E-state index in [1.165, 1.54) is 51.4 Å². The molecule has 0 aromatic heterocycles. The fraction of sp³-hybridized carbons (Fsp3) is 0.933. The summed E-state index contributed by atoms with van der Waals surface area (Å²) in [5.74, 6) is 0.279. The van der Waals surface area contributed by atoms with Gasteiger partial charge in [0.25, 0.3) is 0 Å². The minimum absolute atomic E-state index is 0.00981. The van der Waals surface area contributed by atoms with Gasteiger partial charge in [-0.05, 0) is 43.9 Å². The van der Waals surface area contributed by atoms with Crippen molar-refractivity contribution in [3.8, 4) is 0 Å². The first kappa shape index (κ1) is 12.5. The molecular weight excluding hydrogens is 228 g/mol. The smallest absolute Gasteiger partial charge is 0.309 e. The highest BCUT2D eigenvalue weighted by molar-refractivity contribution is 5.71. The first-order valence-corrected chi connectivity index (χ1v) is 7.64. The van der Waals surface area contributed by atoms with Crippen molar-refractivity contribution in [2.45, 2.75) is 70.0 Å². The maximum Gasteiger partial charge on any atom is 0.309 e. The second-order valence-electron chi connectivity index (χ2n) is 6.41. The molecule has 3 nitrogen and oxygen atoms in total. The quantitative estimate of drug-likeness (QED) is 0.839. The zero-order chi connectivity index (χ0) is 12.5. The number of carboxylic acid groups (broad SMARTS) is 1. The van der Waals surface area contributed by atoms with Crippen molar-refractivity contribution >= 4 is 5.97 Å². The molecule has 1 heterocycles. The molecule has 3 unspecified atom stereocenters. The second kappa shape index (κ2) is 5.20. The van der Waals surface area contributed by atoms with Gasteiger partial charge in [0.05, 0.1) is 18.1 Å². The average Bonchev–Trinajstić information content (AvgIpc) is 3.10. The predicted octanol–water partition coefficient (Wildman–Crippen LogP) is 3.23. The van der Waals surface area contributed by atoms with Gasteiger partial charge in [-0.2, -0.15) is 0 Å². The van der Waals surface area contributed by atoms with Gasteiger partial charge in [0.2, 0.25) is 0 Å². The first-order chi connectivity index (χ1) is 8.75. The molecule has 1 N–H and O–H groups in total. The van der Waals surface area contributed by atoms with E-state index in [1.54, 1.807) is 0 Å². The SMILES string of the molecule is O=C(O)C1CC(C2CCCC2)OC1C1CCCC1. The minimum Gasteiger partial charge on any atom is -0.481 e. The lowest BCUT2D eigenvalue weighted by atomic mass is 9.87. The summed E-state index contributed by atoms with van der Waals surface area (Å²) >= 11 is 0. The van der Waals surface area contributed by atoms with Crippen molar-refractivity contribution in [2.75, 3.05) is 0 Å². The van der Waals surface area contributed by atoms with Gasteiger partial charge in [-0.25, -0.2) is 0 Å². The van der Waals surface area contributed by atoms with Gasteiger partial charge in [-0.3, -0.25) is 4.79 Å². The highest BCUT2D eigenvalue weighted by atomic mass is 16.5. The normalized spacial score (nSPS) is 38.6. The van der Waals surface area contributed by atoms with Gasteiger partial charge in [0.1, 0.15) is 0 Å². The summed E-state index contributed by atoms with van der Waals surface area (Å²) in [5.41, 5.74) is 0. The summed E-state index contributed by atoms with van der Waals surface area (Å²) < 4.78 is 6.22. The van der Waals surface area contributed by atoms with E-state index in [0.717, 1.165) is 6.42 Å². The Labute approximate surface area is 109 Å². The first-order valence-electron chi connectivity index (χ1n) is 7.64. The van der Waals surface area contributed by atoms with Crippen molar-refractivity contribution in [3.05, 3.63) is 0 Å². The Morgan fingerprint density at radius 3 is 2.06 bits per heavy atom. The molecular formula is C15H24O3. The third-order valence-electron chi connectivity index (χ3n) is 5.32. The van der Waals surface area contributed by atoms with E-state index in [-0.39, 0.29) is 18.1 Å². The molecule has 3 aliphatic rings. The van der Waals surface area contributed by atoms with Crippen LogP contribution in [0.3, 0.4) is 0 Å². The number of hydrogen-bond donors (Lipinski definition) is 1. The van der Waals surface area contributed by atoms with Gasteiger partial charge in [-0.15, -0.1) is 0 Å². The molecule has 2 aliphatic carbocycles. The molecule has 0 amide bonds. The lowest BCUT2D eigenvalue weighted by molar-refractivity contribution is -0.144. The fourth-order valence-corrected chi connectivity index (χ4v) is 4.34. The highest BCUT2D eigenvalue weighted by Gasteiger charge is 2.46. The van der Waals surface area contributed by atoms with Crippen LogP contribution in [0.1, 0.15) is 57.8 Å².